The van der Waals surface area contributed by atoms with Crippen molar-refractivity contribution in [3.8, 4) is 11.4 Å². The Morgan fingerprint density at radius 1 is 0.971 bits per heavy atom. The summed E-state index contributed by atoms with van der Waals surface area (Å²) in [6, 6.07) is 14.8. The molecule has 1 saturated carbocycles. The lowest BCUT2D eigenvalue weighted by Gasteiger charge is -2.34. The average Bonchev–Trinajstić information content (AvgIpc) is 3.33. The molecule has 1 fully saturated rings. The highest BCUT2D eigenvalue weighted by molar-refractivity contribution is 5.76. The molecule has 0 saturated heterocycles. The van der Waals surface area contributed by atoms with Gasteiger partial charge in [0.1, 0.15) is 0 Å². The lowest BCUT2D eigenvalue weighted by atomic mass is 9.93. The number of carbonyl (C=O) groups excluding carboxylic acids is 1. The Labute approximate surface area is 197 Å². The number of nitrogens with zero attached hydrogens (tertiary/aromatic N) is 3. The molecule has 0 unspecified atom stereocenters. The Hall–Kier alpha value is -3.16. The molecule has 0 N–H and O–H groups in total. The summed E-state index contributed by atoms with van der Waals surface area (Å²) in [7, 11) is 0. The zero-order chi connectivity index (χ0) is 24.0. The van der Waals surface area contributed by atoms with Gasteiger partial charge < -0.3 is 9.42 Å². The van der Waals surface area contributed by atoms with Crippen LogP contribution in [0.4, 0.5) is 13.2 Å². The highest BCUT2D eigenvalue weighted by Crippen LogP contribution is 2.30. The van der Waals surface area contributed by atoms with Crippen LogP contribution in [0.15, 0.2) is 59.1 Å². The van der Waals surface area contributed by atoms with Crippen LogP contribution in [0.3, 0.4) is 0 Å². The van der Waals surface area contributed by atoms with Gasteiger partial charge in [-0.1, -0.05) is 66.9 Å². The maximum atomic E-state index is 13.1. The second-order valence-electron chi connectivity index (χ2n) is 8.70. The van der Waals surface area contributed by atoms with E-state index < -0.39 is 11.7 Å². The summed E-state index contributed by atoms with van der Waals surface area (Å²) in [5.41, 5.74) is 0.862. The first-order chi connectivity index (χ1) is 16.4. The Balaban J connectivity index is 1.40. The number of hydrogen-bond acceptors (Lipinski definition) is 4. The fourth-order valence-electron chi connectivity index (χ4n) is 4.44. The lowest BCUT2D eigenvalue weighted by Crippen LogP contribution is -2.42. The molecule has 1 aromatic heterocycles. The van der Waals surface area contributed by atoms with Crippen LogP contribution < -0.4 is 0 Å². The van der Waals surface area contributed by atoms with E-state index in [1.165, 1.54) is 18.6 Å². The maximum Gasteiger partial charge on any atom is 0.416 e. The van der Waals surface area contributed by atoms with E-state index in [0.29, 0.717) is 37.3 Å². The molecule has 0 spiro atoms. The Morgan fingerprint density at radius 2 is 1.68 bits per heavy atom. The molecule has 4 rings (SSSR count). The number of rotatable bonds is 8. The van der Waals surface area contributed by atoms with Crippen LogP contribution in [0.25, 0.3) is 11.4 Å². The normalized spacial score (nSPS) is 14.8. The van der Waals surface area contributed by atoms with Gasteiger partial charge in [-0.15, -0.1) is 0 Å². The molecule has 1 heterocycles. The van der Waals surface area contributed by atoms with Gasteiger partial charge in [0, 0.05) is 31.0 Å². The molecule has 1 aliphatic rings. The van der Waals surface area contributed by atoms with E-state index in [1.54, 1.807) is 0 Å². The molecule has 3 aromatic rings. The molecule has 1 amide bonds. The van der Waals surface area contributed by atoms with Gasteiger partial charge >= 0.3 is 6.18 Å². The minimum absolute atomic E-state index is 0.123. The van der Waals surface area contributed by atoms with Gasteiger partial charge in [-0.2, -0.15) is 18.2 Å². The smallest absolute Gasteiger partial charge is 0.339 e. The SMILES string of the molecule is O=C(CCc1ccccc1)N(CCc1nc(-c2ccc(C(F)(F)F)cc2)no1)C1CCCCC1. The Kier molecular flexibility index (Phi) is 7.65. The number of carbonyl (C=O) groups is 1. The van der Waals surface area contributed by atoms with Gasteiger partial charge in [0.2, 0.25) is 17.6 Å². The minimum Gasteiger partial charge on any atom is -0.339 e. The molecular formula is C26H28F3N3O2. The van der Waals surface area contributed by atoms with Gasteiger partial charge in [0.25, 0.3) is 0 Å². The number of aryl methyl sites for hydroxylation is 1. The molecule has 180 valence electrons. The van der Waals surface area contributed by atoms with Crippen LogP contribution in [0.2, 0.25) is 0 Å². The number of alkyl halides is 3. The molecule has 0 bridgehead atoms. The average molecular weight is 472 g/mol. The summed E-state index contributed by atoms with van der Waals surface area (Å²) in [5, 5.41) is 3.92. The monoisotopic (exact) mass is 471 g/mol. The van der Waals surface area contributed by atoms with E-state index in [0.717, 1.165) is 43.4 Å². The van der Waals surface area contributed by atoms with Crippen molar-refractivity contribution in [3.63, 3.8) is 0 Å². The molecule has 0 aliphatic heterocycles. The lowest BCUT2D eigenvalue weighted by molar-refractivity contribution is -0.137. The fraction of sp³-hybridized carbons (Fsp3) is 0.423. The second kappa shape index (κ2) is 10.8. The van der Waals surface area contributed by atoms with Gasteiger partial charge in [0.05, 0.1) is 5.56 Å². The summed E-state index contributed by atoms with van der Waals surface area (Å²) in [6.45, 7) is 0.479. The summed E-state index contributed by atoms with van der Waals surface area (Å²) in [5.74, 6) is 0.730. The van der Waals surface area contributed by atoms with Crippen LogP contribution in [0, 0.1) is 0 Å². The first kappa shape index (κ1) is 24.0. The van der Waals surface area contributed by atoms with Crippen LogP contribution in [0.5, 0.6) is 0 Å². The molecular weight excluding hydrogens is 443 g/mol. The van der Waals surface area contributed by atoms with Crippen LogP contribution in [-0.2, 0) is 23.8 Å². The maximum absolute atomic E-state index is 13.1. The van der Waals surface area contributed by atoms with E-state index in [4.69, 9.17) is 4.52 Å². The highest BCUT2D eigenvalue weighted by Gasteiger charge is 2.30. The van der Waals surface area contributed by atoms with Crippen LogP contribution >= 0.6 is 0 Å². The predicted molar refractivity (Wildman–Crippen MR) is 122 cm³/mol. The minimum atomic E-state index is -4.39. The third-order valence-electron chi connectivity index (χ3n) is 6.31. The van der Waals surface area contributed by atoms with Crippen LogP contribution in [0.1, 0.15) is 55.5 Å². The van der Waals surface area contributed by atoms with Crippen molar-refractivity contribution in [1.29, 1.82) is 0 Å². The third kappa shape index (κ3) is 6.24. The Morgan fingerprint density at radius 3 is 2.35 bits per heavy atom. The summed E-state index contributed by atoms with van der Waals surface area (Å²) in [4.78, 5) is 19.5. The number of halogens is 3. The number of hydrogen-bond donors (Lipinski definition) is 0. The molecule has 0 radical (unpaired) electrons. The molecule has 5 nitrogen and oxygen atoms in total. The van der Waals surface area contributed by atoms with Crippen molar-refractivity contribution >= 4 is 5.91 Å². The molecule has 34 heavy (non-hydrogen) atoms. The summed E-state index contributed by atoms with van der Waals surface area (Å²) >= 11 is 0. The number of aromatic nitrogens is 2. The third-order valence-corrected chi connectivity index (χ3v) is 6.31. The zero-order valence-corrected chi connectivity index (χ0v) is 18.9. The predicted octanol–water partition coefficient (Wildman–Crippen LogP) is 6.09. The van der Waals surface area contributed by atoms with Crippen molar-refractivity contribution in [2.45, 2.75) is 63.6 Å². The molecule has 0 atom stereocenters. The van der Waals surface area contributed by atoms with E-state index in [-0.39, 0.29) is 17.8 Å². The standard InChI is InChI=1S/C26H28F3N3O2/c27-26(28,29)21-14-12-20(13-15-21)25-30-23(34-31-25)17-18-32(22-9-5-2-6-10-22)24(33)16-11-19-7-3-1-4-8-19/h1,3-4,7-8,12-15,22H,2,5-6,9-11,16-18H2. The fourth-order valence-corrected chi connectivity index (χ4v) is 4.44. The van der Waals surface area contributed by atoms with E-state index in [2.05, 4.69) is 10.1 Å². The van der Waals surface area contributed by atoms with Gasteiger partial charge in [0.15, 0.2) is 0 Å². The topological polar surface area (TPSA) is 59.2 Å². The van der Waals surface area contributed by atoms with Gasteiger partial charge in [-0.05, 0) is 37.0 Å². The summed E-state index contributed by atoms with van der Waals surface area (Å²) < 4.78 is 43.7. The van der Waals surface area contributed by atoms with Crippen molar-refractivity contribution < 1.29 is 22.5 Å². The van der Waals surface area contributed by atoms with Crippen molar-refractivity contribution in [2.24, 2.45) is 0 Å². The first-order valence-electron chi connectivity index (χ1n) is 11.7. The highest BCUT2D eigenvalue weighted by atomic mass is 19.4. The Bertz CT molecular complexity index is 1060. The van der Waals surface area contributed by atoms with E-state index in [9.17, 15) is 18.0 Å². The second-order valence-corrected chi connectivity index (χ2v) is 8.70. The van der Waals surface area contributed by atoms with Crippen molar-refractivity contribution in [3.05, 3.63) is 71.6 Å². The molecule has 8 heteroatoms. The zero-order valence-electron chi connectivity index (χ0n) is 18.9. The number of benzene rings is 2. The van der Waals surface area contributed by atoms with Crippen LogP contribution in [-0.4, -0.2) is 33.5 Å². The number of amides is 1. The van der Waals surface area contributed by atoms with E-state index in [1.807, 2.05) is 35.2 Å². The van der Waals surface area contributed by atoms with E-state index >= 15 is 0 Å². The van der Waals surface area contributed by atoms with Gasteiger partial charge in [-0.25, -0.2) is 0 Å². The van der Waals surface area contributed by atoms with Gasteiger partial charge in [-0.3, -0.25) is 4.79 Å². The van der Waals surface area contributed by atoms with Crippen molar-refractivity contribution in [1.82, 2.24) is 15.0 Å². The first-order valence-corrected chi connectivity index (χ1v) is 11.7. The molecule has 2 aromatic carbocycles. The quantitative estimate of drug-likeness (QED) is 0.399. The summed E-state index contributed by atoms with van der Waals surface area (Å²) in [6.07, 6.45) is 2.58. The molecule has 1 aliphatic carbocycles. The largest absolute Gasteiger partial charge is 0.416 e. The van der Waals surface area contributed by atoms with Crippen molar-refractivity contribution in [2.75, 3.05) is 6.54 Å².